The molecule has 0 aromatic carbocycles. The molecule has 1 heteroatoms. The summed E-state index contributed by atoms with van der Waals surface area (Å²) in [5.41, 5.74) is 1.12. The lowest BCUT2D eigenvalue weighted by Crippen LogP contribution is -1.48. The van der Waals surface area contributed by atoms with E-state index in [1.54, 1.807) is 12.3 Å². The number of aryl methyl sites for hydroxylation is 1. The van der Waals surface area contributed by atoms with Crippen molar-refractivity contribution in [2.75, 3.05) is 0 Å². The van der Waals surface area contributed by atoms with Crippen molar-refractivity contribution < 1.29 is 4.42 Å². The predicted octanol–water partition coefficient (Wildman–Crippen LogP) is 1.39. The van der Waals surface area contributed by atoms with E-state index in [0.29, 0.717) is 0 Å². The quantitative estimate of drug-likeness (QED) is 0.460. The summed E-state index contributed by atoms with van der Waals surface area (Å²) >= 11 is 0. The monoisotopic (exact) mass is 81.0 g/mol. The van der Waals surface area contributed by atoms with E-state index < -0.39 is 0 Å². The first-order valence-electron chi connectivity index (χ1n) is 1.81. The lowest BCUT2D eigenvalue weighted by atomic mass is 10.4. The Kier molecular flexibility index (Phi) is 0.675. The van der Waals surface area contributed by atoms with Gasteiger partial charge in [-0.3, -0.25) is 0 Å². The smallest absolute Gasteiger partial charge is 0.169 e. The zero-order chi connectivity index (χ0) is 4.41. The average molecular weight is 81.1 g/mol. The van der Waals surface area contributed by atoms with Gasteiger partial charge in [-0.25, -0.2) is 0 Å². The number of hydrogen-bond donors (Lipinski definition) is 0. The van der Waals surface area contributed by atoms with Crippen molar-refractivity contribution in [2.45, 2.75) is 6.92 Å². The van der Waals surface area contributed by atoms with Crippen molar-refractivity contribution in [1.29, 1.82) is 0 Å². The van der Waals surface area contributed by atoms with Crippen molar-refractivity contribution in [3.05, 3.63) is 24.2 Å². The van der Waals surface area contributed by atoms with E-state index in [0.717, 1.165) is 5.56 Å². The van der Waals surface area contributed by atoms with Gasteiger partial charge in [0.15, 0.2) is 6.26 Å². The van der Waals surface area contributed by atoms with Crippen molar-refractivity contribution >= 4 is 0 Å². The molecule has 31 valence electrons. The highest BCUT2D eigenvalue weighted by atomic mass is 16.3. The first kappa shape index (κ1) is 3.47. The van der Waals surface area contributed by atoms with Crippen LogP contribution in [-0.4, -0.2) is 0 Å². The van der Waals surface area contributed by atoms with Crippen LogP contribution in [0.2, 0.25) is 0 Å². The Hall–Kier alpha value is -0.720. The van der Waals surface area contributed by atoms with Gasteiger partial charge >= 0.3 is 0 Å². The predicted molar refractivity (Wildman–Crippen MR) is 22.3 cm³/mol. The Bertz CT molecular complexity index is 107. The molecule has 1 heterocycles. The van der Waals surface area contributed by atoms with Crippen LogP contribution < -0.4 is 0 Å². The molecular weight excluding hydrogens is 76.1 g/mol. The highest BCUT2D eigenvalue weighted by Gasteiger charge is 1.77. The van der Waals surface area contributed by atoms with E-state index in [1.165, 1.54) is 0 Å². The van der Waals surface area contributed by atoms with Gasteiger partial charge in [0.1, 0.15) is 0 Å². The Labute approximate surface area is 36.6 Å². The molecule has 1 aromatic rings. The maximum absolute atomic E-state index is 4.59. The lowest BCUT2D eigenvalue weighted by Gasteiger charge is -1.63. The maximum atomic E-state index is 4.59. The van der Waals surface area contributed by atoms with Gasteiger partial charge in [-0.2, -0.15) is 0 Å². The molecule has 0 bridgehead atoms. The zero-order valence-corrected chi connectivity index (χ0v) is 3.56. The summed E-state index contributed by atoms with van der Waals surface area (Å²) in [5, 5.41) is 0. The van der Waals surface area contributed by atoms with Crippen molar-refractivity contribution in [1.82, 2.24) is 0 Å². The molecule has 6 heavy (non-hydrogen) atoms. The van der Waals surface area contributed by atoms with Crippen LogP contribution in [0.3, 0.4) is 0 Å². The molecule has 0 fully saturated rings. The minimum absolute atomic E-state index is 1.12. The molecule has 1 nitrogen and oxygen atoms in total. The minimum Gasteiger partial charge on any atom is -0.461 e. The normalized spacial score (nSPS) is 8.83. The summed E-state index contributed by atoms with van der Waals surface area (Å²) in [6.07, 6.45) is 4.21. The zero-order valence-electron chi connectivity index (χ0n) is 3.56. The second-order valence-corrected chi connectivity index (χ2v) is 1.24. The van der Waals surface area contributed by atoms with E-state index in [9.17, 15) is 0 Å². The van der Waals surface area contributed by atoms with Gasteiger partial charge in [0.05, 0.1) is 6.26 Å². The molecule has 0 unspecified atom stereocenters. The Morgan fingerprint density at radius 3 is 2.83 bits per heavy atom. The molecule has 0 spiro atoms. The second kappa shape index (κ2) is 1.17. The van der Waals surface area contributed by atoms with E-state index in [4.69, 9.17) is 0 Å². The van der Waals surface area contributed by atoms with E-state index >= 15 is 0 Å². The molecule has 0 aliphatic heterocycles. The van der Waals surface area contributed by atoms with Crippen LogP contribution in [0.25, 0.3) is 0 Å². The molecule has 0 atom stereocenters. The summed E-state index contributed by atoms with van der Waals surface area (Å²) in [4.78, 5) is 0. The van der Waals surface area contributed by atoms with Gasteiger partial charge < -0.3 is 4.42 Å². The van der Waals surface area contributed by atoms with Crippen LogP contribution in [0.1, 0.15) is 5.56 Å². The van der Waals surface area contributed by atoms with Crippen molar-refractivity contribution in [3.8, 4) is 0 Å². The summed E-state index contributed by atoms with van der Waals surface area (Å²) in [6, 6.07) is 1.79. The molecular formula is C5H5O. The van der Waals surface area contributed by atoms with Crippen LogP contribution >= 0.6 is 0 Å². The minimum atomic E-state index is 1.12. The van der Waals surface area contributed by atoms with Gasteiger partial charge in [0, 0.05) is 0 Å². The van der Waals surface area contributed by atoms with Gasteiger partial charge in [-0.05, 0) is 18.6 Å². The van der Waals surface area contributed by atoms with Crippen LogP contribution in [-0.2, 0) is 0 Å². The third kappa shape index (κ3) is 0.432. The third-order valence-electron chi connectivity index (χ3n) is 0.599. The SMILES string of the molecule is Cc1c[c]oc1. The average Bonchev–Trinajstić information content (AvgIpc) is 1.86. The van der Waals surface area contributed by atoms with E-state index in [-0.39, 0.29) is 0 Å². The van der Waals surface area contributed by atoms with Crippen LogP contribution in [0.15, 0.2) is 16.7 Å². The molecule has 0 N–H and O–H groups in total. The van der Waals surface area contributed by atoms with Crippen molar-refractivity contribution in [2.24, 2.45) is 0 Å². The second-order valence-electron chi connectivity index (χ2n) is 1.24. The van der Waals surface area contributed by atoms with Crippen LogP contribution in [0.5, 0.6) is 0 Å². The molecule has 0 amide bonds. The summed E-state index contributed by atoms with van der Waals surface area (Å²) < 4.78 is 4.59. The largest absolute Gasteiger partial charge is 0.461 e. The Morgan fingerprint density at radius 1 is 1.83 bits per heavy atom. The molecule has 1 aromatic heterocycles. The van der Waals surface area contributed by atoms with E-state index in [1.807, 2.05) is 6.92 Å². The summed E-state index contributed by atoms with van der Waals surface area (Å²) in [5.74, 6) is 0. The number of hydrogen-bond acceptors (Lipinski definition) is 1. The number of furan rings is 1. The van der Waals surface area contributed by atoms with Gasteiger partial charge in [-0.15, -0.1) is 0 Å². The van der Waals surface area contributed by atoms with E-state index in [2.05, 4.69) is 10.7 Å². The highest BCUT2D eigenvalue weighted by molar-refractivity contribution is 4.99. The van der Waals surface area contributed by atoms with Gasteiger partial charge in [-0.1, -0.05) is 0 Å². The molecule has 0 aliphatic rings. The van der Waals surface area contributed by atoms with Crippen molar-refractivity contribution in [3.63, 3.8) is 0 Å². The summed E-state index contributed by atoms with van der Waals surface area (Å²) in [7, 11) is 0. The number of rotatable bonds is 0. The standard InChI is InChI=1S/C5H5O/c1-5-2-3-6-4-5/h2,4H,1H3. The topological polar surface area (TPSA) is 13.1 Å². The molecule has 1 rings (SSSR count). The fourth-order valence-corrected chi connectivity index (χ4v) is 0.288. The molecule has 0 saturated heterocycles. The molecule has 0 aliphatic carbocycles. The van der Waals surface area contributed by atoms with Crippen LogP contribution in [0, 0.1) is 13.2 Å². The molecule has 0 saturated carbocycles. The third-order valence-corrected chi connectivity index (χ3v) is 0.599. The fraction of sp³-hybridized carbons (Fsp3) is 0.200. The Balaban J connectivity index is 3.05. The van der Waals surface area contributed by atoms with Crippen LogP contribution in [0.4, 0.5) is 0 Å². The highest BCUT2D eigenvalue weighted by Crippen LogP contribution is 1.92. The van der Waals surface area contributed by atoms with Gasteiger partial charge in [0.2, 0.25) is 0 Å². The maximum Gasteiger partial charge on any atom is 0.169 e. The first-order valence-corrected chi connectivity index (χ1v) is 1.81. The Morgan fingerprint density at radius 2 is 2.67 bits per heavy atom. The lowest BCUT2D eigenvalue weighted by molar-refractivity contribution is 0.556. The molecule has 1 radical (unpaired) electrons. The van der Waals surface area contributed by atoms with Gasteiger partial charge in [0.25, 0.3) is 0 Å². The fourth-order valence-electron chi connectivity index (χ4n) is 0.288. The first-order chi connectivity index (χ1) is 2.89. The summed E-state index contributed by atoms with van der Waals surface area (Å²) in [6.45, 7) is 1.96.